The van der Waals surface area contributed by atoms with Crippen LogP contribution in [0.25, 0.3) is 5.14 Å². The molecule has 0 saturated carbocycles. The summed E-state index contributed by atoms with van der Waals surface area (Å²) < 4.78 is 0. The Labute approximate surface area is 124 Å². The topological polar surface area (TPSA) is 52.9 Å². The van der Waals surface area contributed by atoms with Gasteiger partial charge in [0, 0.05) is 6.54 Å². The molecule has 0 aliphatic heterocycles. The maximum absolute atomic E-state index is 10.6. The van der Waals surface area contributed by atoms with Crippen molar-refractivity contribution in [2.45, 2.75) is 6.54 Å². The van der Waals surface area contributed by atoms with Gasteiger partial charge < -0.3 is 10.5 Å². The SMILES string of the molecule is [K+].[NH-]SC(=O)NCc1ccccc1. The van der Waals surface area contributed by atoms with Gasteiger partial charge in [-0.2, -0.15) is 11.9 Å². The van der Waals surface area contributed by atoms with E-state index in [9.17, 15) is 4.79 Å². The fraction of sp³-hybridized carbons (Fsp3) is 0.125. The van der Waals surface area contributed by atoms with Crippen LogP contribution in [0.15, 0.2) is 30.3 Å². The van der Waals surface area contributed by atoms with Crippen molar-refractivity contribution in [3.05, 3.63) is 41.0 Å². The van der Waals surface area contributed by atoms with Crippen molar-refractivity contribution in [1.29, 1.82) is 0 Å². The third-order valence-electron chi connectivity index (χ3n) is 1.37. The molecule has 1 aromatic carbocycles. The first-order valence-corrected chi connectivity index (χ1v) is 4.30. The first-order valence-electron chi connectivity index (χ1n) is 3.48. The fourth-order valence-corrected chi connectivity index (χ4v) is 0.951. The van der Waals surface area contributed by atoms with Gasteiger partial charge in [0.05, 0.1) is 0 Å². The average molecular weight is 220 g/mol. The van der Waals surface area contributed by atoms with E-state index in [4.69, 9.17) is 5.14 Å². The minimum atomic E-state index is -0.321. The molecule has 0 spiro atoms. The molecule has 0 saturated heterocycles. The van der Waals surface area contributed by atoms with Crippen molar-refractivity contribution in [1.82, 2.24) is 5.32 Å². The van der Waals surface area contributed by atoms with E-state index < -0.39 is 0 Å². The molecule has 64 valence electrons. The quantitative estimate of drug-likeness (QED) is 0.545. The van der Waals surface area contributed by atoms with Gasteiger partial charge in [0.1, 0.15) is 0 Å². The number of benzene rings is 1. The van der Waals surface area contributed by atoms with Crippen LogP contribution in [0.5, 0.6) is 0 Å². The zero-order chi connectivity index (χ0) is 8.81. The molecule has 1 rings (SSSR count). The maximum Gasteiger partial charge on any atom is 1.00 e. The summed E-state index contributed by atoms with van der Waals surface area (Å²) in [5, 5.41) is 8.94. The molecule has 1 aromatic rings. The van der Waals surface area contributed by atoms with Crippen LogP contribution in [0.3, 0.4) is 0 Å². The molecule has 0 aliphatic rings. The van der Waals surface area contributed by atoms with Crippen LogP contribution in [0.2, 0.25) is 0 Å². The Morgan fingerprint density at radius 2 is 2.00 bits per heavy atom. The van der Waals surface area contributed by atoms with Crippen molar-refractivity contribution in [3.8, 4) is 0 Å². The number of amides is 1. The monoisotopic (exact) mass is 220 g/mol. The van der Waals surface area contributed by atoms with E-state index in [0.717, 1.165) is 5.56 Å². The predicted octanol–water partition coefficient (Wildman–Crippen LogP) is -0.399. The zero-order valence-corrected chi connectivity index (χ0v) is 11.3. The summed E-state index contributed by atoms with van der Waals surface area (Å²) in [6.45, 7) is 0.492. The Morgan fingerprint density at radius 1 is 1.38 bits per heavy atom. The second kappa shape index (κ2) is 7.99. The van der Waals surface area contributed by atoms with E-state index >= 15 is 0 Å². The molecule has 0 fully saturated rings. The second-order valence-electron chi connectivity index (χ2n) is 2.23. The smallest absolute Gasteiger partial charge is 0.613 e. The molecular weight excluding hydrogens is 211 g/mol. The number of carbonyl (C=O) groups excluding carboxylic acids is 1. The van der Waals surface area contributed by atoms with E-state index in [2.05, 4.69) is 5.32 Å². The second-order valence-corrected chi connectivity index (χ2v) is 2.80. The first kappa shape index (κ1) is 13.6. The van der Waals surface area contributed by atoms with Crippen LogP contribution in [-0.2, 0) is 6.54 Å². The minimum Gasteiger partial charge on any atom is -0.613 e. The molecule has 0 unspecified atom stereocenters. The van der Waals surface area contributed by atoms with E-state index in [1.165, 1.54) is 0 Å². The zero-order valence-electron chi connectivity index (χ0n) is 7.41. The molecule has 0 heterocycles. The molecule has 0 radical (unpaired) electrons. The predicted molar refractivity (Wildman–Crippen MR) is 50.6 cm³/mol. The summed E-state index contributed by atoms with van der Waals surface area (Å²) in [4.78, 5) is 10.6. The van der Waals surface area contributed by atoms with Gasteiger partial charge in [-0.15, -0.1) is 0 Å². The summed E-state index contributed by atoms with van der Waals surface area (Å²) in [6.07, 6.45) is 0. The van der Waals surface area contributed by atoms with Crippen LogP contribution in [0, 0.1) is 0 Å². The Kier molecular flexibility index (Phi) is 8.38. The van der Waals surface area contributed by atoms with Crippen molar-refractivity contribution < 1.29 is 56.2 Å². The maximum atomic E-state index is 10.6. The Balaban J connectivity index is 0.00000144. The third kappa shape index (κ3) is 5.85. The number of hydrogen-bond donors (Lipinski definition) is 1. The Hall–Kier alpha value is 0.636. The van der Waals surface area contributed by atoms with Crippen molar-refractivity contribution in [3.63, 3.8) is 0 Å². The van der Waals surface area contributed by atoms with E-state index in [0.29, 0.717) is 18.5 Å². The van der Waals surface area contributed by atoms with Crippen molar-refractivity contribution in [2.24, 2.45) is 0 Å². The minimum absolute atomic E-state index is 0. The van der Waals surface area contributed by atoms with E-state index in [-0.39, 0.29) is 56.6 Å². The number of nitrogens with one attached hydrogen (secondary N) is 2. The van der Waals surface area contributed by atoms with E-state index in [1.807, 2.05) is 30.3 Å². The average Bonchev–Trinajstić information content (AvgIpc) is 2.16. The molecule has 0 aromatic heterocycles. The molecule has 2 N–H and O–H groups in total. The Morgan fingerprint density at radius 3 is 2.54 bits per heavy atom. The number of rotatable bonds is 2. The first-order chi connectivity index (χ1) is 5.83. The molecule has 0 aliphatic carbocycles. The normalized spacial score (nSPS) is 8.69. The van der Waals surface area contributed by atoms with Crippen LogP contribution in [0.1, 0.15) is 5.56 Å². The van der Waals surface area contributed by atoms with Gasteiger partial charge >= 0.3 is 51.4 Å². The largest absolute Gasteiger partial charge is 1.00 e. The van der Waals surface area contributed by atoms with Crippen LogP contribution in [0.4, 0.5) is 4.79 Å². The molecule has 13 heavy (non-hydrogen) atoms. The third-order valence-corrected chi connectivity index (χ3v) is 1.70. The van der Waals surface area contributed by atoms with Gasteiger partial charge in [-0.25, -0.2) is 0 Å². The molecule has 0 atom stereocenters. The summed E-state index contributed by atoms with van der Waals surface area (Å²) in [7, 11) is 0. The summed E-state index contributed by atoms with van der Waals surface area (Å²) in [5.41, 5.74) is 1.04. The van der Waals surface area contributed by atoms with Crippen molar-refractivity contribution >= 4 is 17.2 Å². The summed E-state index contributed by atoms with van der Waals surface area (Å²) in [6, 6.07) is 9.60. The number of hydrogen-bond acceptors (Lipinski definition) is 2. The van der Waals surface area contributed by atoms with Gasteiger partial charge in [0.2, 0.25) is 0 Å². The Bertz CT molecular complexity index is 256. The number of carbonyl (C=O) groups is 1. The summed E-state index contributed by atoms with van der Waals surface area (Å²) in [5.74, 6) is 0. The van der Waals surface area contributed by atoms with E-state index in [1.54, 1.807) is 0 Å². The fourth-order valence-electron chi connectivity index (χ4n) is 0.806. The molecule has 1 amide bonds. The van der Waals surface area contributed by atoms with Gasteiger partial charge in [0.25, 0.3) is 5.24 Å². The van der Waals surface area contributed by atoms with Gasteiger partial charge in [-0.05, 0) is 5.56 Å². The van der Waals surface area contributed by atoms with Gasteiger partial charge in [-0.3, -0.25) is 4.79 Å². The van der Waals surface area contributed by atoms with Gasteiger partial charge in [-0.1, -0.05) is 30.3 Å². The molecule has 0 bridgehead atoms. The molecule has 3 nitrogen and oxygen atoms in total. The van der Waals surface area contributed by atoms with Crippen molar-refractivity contribution in [2.75, 3.05) is 0 Å². The van der Waals surface area contributed by atoms with Crippen LogP contribution >= 0.6 is 11.9 Å². The molecular formula is C8H9KN2OS. The molecule has 5 heteroatoms. The van der Waals surface area contributed by atoms with Crippen LogP contribution in [-0.4, -0.2) is 5.24 Å². The van der Waals surface area contributed by atoms with Gasteiger partial charge in [0.15, 0.2) is 0 Å². The summed E-state index contributed by atoms with van der Waals surface area (Å²) >= 11 is 0.444. The van der Waals surface area contributed by atoms with Crippen LogP contribution < -0.4 is 56.7 Å². The standard InChI is InChI=1S/C8H9N2OS.K/c9-12-8(11)10-6-7-4-2-1-3-5-7;/h1-5,9H,6H2,(H,10,11);/q-1;+1.